The molecule has 0 saturated carbocycles. The van der Waals surface area contributed by atoms with Gasteiger partial charge in [-0.2, -0.15) is 0 Å². The highest BCUT2D eigenvalue weighted by atomic mass is 79.9. The summed E-state index contributed by atoms with van der Waals surface area (Å²) in [6.45, 7) is 1.40. The van der Waals surface area contributed by atoms with E-state index < -0.39 is 34.9 Å². The number of nitro benzene ring substituents is 1. The number of nitrogens with zero attached hydrogens (tertiary/aromatic N) is 3. The maximum Gasteiger partial charge on any atom is 0.325 e. The first-order chi connectivity index (χ1) is 14.1. The predicted octanol–water partition coefficient (Wildman–Crippen LogP) is 2.78. The van der Waals surface area contributed by atoms with E-state index in [9.17, 15) is 24.5 Å². The highest BCUT2D eigenvalue weighted by molar-refractivity contribution is 9.10. The minimum absolute atomic E-state index is 0.125. The maximum absolute atomic E-state index is 13.0. The van der Waals surface area contributed by atoms with Crippen molar-refractivity contribution in [2.75, 3.05) is 13.6 Å². The lowest BCUT2D eigenvalue weighted by Gasteiger charge is -2.23. The number of imide groups is 1. The Morgan fingerprint density at radius 1 is 1.20 bits per heavy atom. The molecule has 1 fully saturated rings. The first-order valence-electron chi connectivity index (χ1n) is 9.00. The highest BCUT2D eigenvalue weighted by Crippen LogP contribution is 2.30. The van der Waals surface area contributed by atoms with Crippen molar-refractivity contribution in [3.05, 3.63) is 74.2 Å². The minimum Gasteiger partial charge on any atom is -0.340 e. The number of benzene rings is 2. The number of halogens is 1. The van der Waals surface area contributed by atoms with Crippen molar-refractivity contribution in [3.8, 4) is 0 Å². The number of non-ortho nitro benzene ring substituents is 1. The molecule has 2 aromatic carbocycles. The van der Waals surface area contributed by atoms with Crippen LogP contribution in [0.15, 0.2) is 53.0 Å². The largest absolute Gasteiger partial charge is 0.340 e. The number of carbonyl (C=O) groups is 3. The van der Waals surface area contributed by atoms with Crippen molar-refractivity contribution in [3.63, 3.8) is 0 Å². The summed E-state index contributed by atoms with van der Waals surface area (Å²) in [6.07, 6.45) is 0. The summed E-state index contributed by atoms with van der Waals surface area (Å²) in [5, 5.41) is 13.4. The van der Waals surface area contributed by atoms with Gasteiger partial charge in [0.15, 0.2) is 0 Å². The molecule has 1 N–H and O–H groups in total. The fraction of sp³-hybridized carbons (Fsp3) is 0.250. The SMILES string of the molecule is CN(Cc1ccccc1Br)C(=O)CN1C(=O)NC(C)(c2ccc([N+](=O)[O-])cc2)C1=O. The first-order valence-corrected chi connectivity index (χ1v) is 9.79. The number of hydrogen-bond acceptors (Lipinski definition) is 5. The fourth-order valence-electron chi connectivity index (χ4n) is 3.18. The van der Waals surface area contributed by atoms with Gasteiger partial charge in [0.2, 0.25) is 5.91 Å². The molecular formula is C20H19BrN4O5. The Morgan fingerprint density at radius 3 is 2.43 bits per heavy atom. The van der Waals surface area contributed by atoms with E-state index in [1.807, 2.05) is 24.3 Å². The van der Waals surface area contributed by atoms with E-state index in [-0.39, 0.29) is 5.69 Å². The number of rotatable bonds is 6. The molecule has 3 rings (SSSR count). The van der Waals surface area contributed by atoms with Crippen LogP contribution in [0, 0.1) is 10.1 Å². The maximum atomic E-state index is 13.0. The first kappa shape index (κ1) is 21.4. The van der Waals surface area contributed by atoms with Gasteiger partial charge in [0, 0.05) is 30.2 Å². The van der Waals surface area contributed by atoms with Crippen molar-refractivity contribution in [2.45, 2.75) is 19.0 Å². The van der Waals surface area contributed by atoms with Crippen molar-refractivity contribution in [1.29, 1.82) is 0 Å². The van der Waals surface area contributed by atoms with Gasteiger partial charge in [-0.15, -0.1) is 0 Å². The second-order valence-electron chi connectivity index (χ2n) is 7.09. The Kier molecular flexibility index (Phi) is 5.88. The zero-order valence-electron chi connectivity index (χ0n) is 16.3. The standard InChI is InChI=1S/C20H19BrN4O5/c1-20(14-7-9-15(10-8-14)25(29)30)18(27)24(19(28)22-20)12-17(26)23(2)11-13-5-3-4-6-16(13)21/h3-10H,11-12H2,1-2H3,(H,22,28). The fourth-order valence-corrected chi connectivity index (χ4v) is 3.59. The molecule has 0 bridgehead atoms. The summed E-state index contributed by atoms with van der Waals surface area (Å²) in [6, 6.07) is 12.1. The van der Waals surface area contributed by atoms with Gasteiger partial charge in [-0.25, -0.2) is 4.79 Å². The third-order valence-electron chi connectivity index (χ3n) is 5.01. The quantitative estimate of drug-likeness (QED) is 0.392. The normalized spacial score (nSPS) is 18.3. The Balaban J connectivity index is 1.73. The Bertz CT molecular complexity index is 1030. The zero-order chi connectivity index (χ0) is 22.1. The van der Waals surface area contributed by atoms with Crippen LogP contribution in [-0.4, -0.2) is 46.2 Å². The molecule has 0 radical (unpaired) electrons. The van der Waals surface area contributed by atoms with E-state index in [0.717, 1.165) is 14.9 Å². The number of carbonyl (C=O) groups excluding carboxylic acids is 3. The van der Waals surface area contributed by atoms with E-state index >= 15 is 0 Å². The van der Waals surface area contributed by atoms with Crippen LogP contribution in [0.5, 0.6) is 0 Å². The predicted molar refractivity (Wildman–Crippen MR) is 111 cm³/mol. The average Bonchev–Trinajstić information content (AvgIpc) is 2.93. The van der Waals surface area contributed by atoms with Crippen molar-refractivity contribution >= 4 is 39.5 Å². The molecule has 0 aliphatic carbocycles. The van der Waals surface area contributed by atoms with E-state index in [4.69, 9.17) is 0 Å². The molecule has 1 saturated heterocycles. The summed E-state index contributed by atoms with van der Waals surface area (Å²) in [7, 11) is 1.59. The van der Waals surface area contributed by atoms with Crippen LogP contribution < -0.4 is 5.32 Å². The van der Waals surface area contributed by atoms with Gasteiger partial charge >= 0.3 is 6.03 Å². The third-order valence-corrected chi connectivity index (χ3v) is 5.79. The van der Waals surface area contributed by atoms with Crippen LogP contribution in [0.3, 0.4) is 0 Å². The Labute approximate surface area is 180 Å². The molecule has 1 heterocycles. The molecule has 1 atom stereocenters. The monoisotopic (exact) mass is 474 g/mol. The van der Waals surface area contributed by atoms with Crippen molar-refractivity contribution in [1.82, 2.24) is 15.1 Å². The molecule has 0 spiro atoms. The van der Waals surface area contributed by atoms with Gasteiger partial charge in [-0.1, -0.05) is 34.1 Å². The number of amides is 4. The molecule has 1 aliphatic heterocycles. The Morgan fingerprint density at radius 2 is 1.83 bits per heavy atom. The molecule has 1 aliphatic rings. The van der Waals surface area contributed by atoms with Crippen molar-refractivity contribution in [2.24, 2.45) is 0 Å². The molecule has 9 nitrogen and oxygen atoms in total. The second-order valence-corrected chi connectivity index (χ2v) is 7.95. The number of hydrogen-bond donors (Lipinski definition) is 1. The molecule has 4 amide bonds. The molecule has 10 heteroatoms. The summed E-state index contributed by atoms with van der Waals surface area (Å²) < 4.78 is 0.852. The molecule has 0 aromatic heterocycles. The van der Waals surface area contributed by atoms with E-state index in [2.05, 4.69) is 21.2 Å². The lowest BCUT2D eigenvalue weighted by Crippen LogP contribution is -2.43. The third kappa shape index (κ3) is 4.04. The topological polar surface area (TPSA) is 113 Å². The number of likely N-dealkylation sites (N-methyl/N-ethyl adjacent to an activating group) is 1. The van der Waals surface area contributed by atoms with Crippen LogP contribution in [0.4, 0.5) is 10.5 Å². The van der Waals surface area contributed by atoms with Crippen molar-refractivity contribution < 1.29 is 19.3 Å². The van der Waals surface area contributed by atoms with Crippen LogP contribution in [0.2, 0.25) is 0 Å². The summed E-state index contributed by atoms with van der Waals surface area (Å²) in [4.78, 5) is 50.6. The van der Waals surface area contributed by atoms with Gasteiger partial charge in [0.1, 0.15) is 12.1 Å². The number of nitrogens with one attached hydrogen (secondary N) is 1. The summed E-state index contributed by atoms with van der Waals surface area (Å²) in [5.74, 6) is -0.994. The Hall–Kier alpha value is -3.27. The van der Waals surface area contributed by atoms with Gasteiger partial charge in [0.05, 0.1) is 4.92 Å². The average molecular weight is 475 g/mol. The van der Waals surface area contributed by atoms with E-state index in [1.165, 1.54) is 36.1 Å². The van der Waals surface area contributed by atoms with Crippen LogP contribution in [0.1, 0.15) is 18.1 Å². The lowest BCUT2D eigenvalue weighted by atomic mass is 9.92. The van der Waals surface area contributed by atoms with Gasteiger partial charge in [0.25, 0.3) is 11.6 Å². The summed E-state index contributed by atoms with van der Waals surface area (Å²) in [5.41, 5.74) is -0.253. The molecule has 156 valence electrons. The minimum atomic E-state index is -1.41. The van der Waals surface area contributed by atoms with Crippen LogP contribution >= 0.6 is 15.9 Å². The van der Waals surface area contributed by atoms with Gasteiger partial charge < -0.3 is 10.2 Å². The number of nitro groups is 1. The highest BCUT2D eigenvalue weighted by Gasteiger charge is 2.49. The van der Waals surface area contributed by atoms with Crippen LogP contribution in [0.25, 0.3) is 0 Å². The smallest absolute Gasteiger partial charge is 0.325 e. The lowest BCUT2D eigenvalue weighted by molar-refractivity contribution is -0.384. The summed E-state index contributed by atoms with van der Waals surface area (Å²) >= 11 is 3.43. The van der Waals surface area contributed by atoms with Crippen LogP contribution in [-0.2, 0) is 21.7 Å². The molecular weight excluding hydrogens is 456 g/mol. The second kappa shape index (κ2) is 8.23. The van der Waals surface area contributed by atoms with Gasteiger partial charge in [-0.05, 0) is 36.2 Å². The molecule has 1 unspecified atom stereocenters. The number of urea groups is 1. The molecule has 30 heavy (non-hydrogen) atoms. The molecule has 2 aromatic rings. The van der Waals surface area contributed by atoms with Gasteiger partial charge in [-0.3, -0.25) is 24.6 Å². The van der Waals surface area contributed by atoms with E-state index in [1.54, 1.807) is 7.05 Å². The van der Waals surface area contributed by atoms with E-state index in [0.29, 0.717) is 12.1 Å². The zero-order valence-corrected chi connectivity index (χ0v) is 17.9.